The Bertz CT molecular complexity index is 1140. The fourth-order valence-electron chi connectivity index (χ4n) is 3.86. The third-order valence-electron chi connectivity index (χ3n) is 5.65. The van der Waals surface area contributed by atoms with Crippen LogP contribution in [0.2, 0.25) is 0 Å². The first kappa shape index (κ1) is 27.3. The van der Waals surface area contributed by atoms with Gasteiger partial charge in [-0.2, -0.15) is 4.31 Å². The standard InChI is InChI=1S/C25H32N4O6S/c1-18(2)15-21(27-23(31)17-35-19-9-4-3-5-10-19)25(32)28-20-11-8-14-29(16-22(20)30)36(33,34)24-12-6-7-13-26-24/h3-7,9-10,12-13,18,20-21H,8,11,14-17H2,1-2H3,(H,27,31)(H,28,32)/t20?,21-/m0/s1. The highest BCUT2D eigenvalue weighted by Crippen LogP contribution is 2.18. The van der Waals surface area contributed by atoms with Crippen molar-refractivity contribution >= 4 is 27.6 Å². The van der Waals surface area contributed by atoms with Gasteiger partial charge in [-0.3, -0.25) is 14.4 Å². The van der Waals surface area contributed by atoms with Crippen molar-refractivity contribution in [3.8, 4) is 5.75 Å². The van der Waals surface area contributed by atoms with Crippen LogP contribution in [0.1, 0.15) is 33.1 Å². The van der Waals surface area contributed by atoms with Gasteiger partial charge in [-0.05, 0) is 49.4 Å². The number of Topliss-reactive ketones (excluding diaryl/α,β-unsaturated/α-hetero) is 1. The van der Waals surface area contributed by atoms with Crippen LogP contribution in [0, 0.1) is 5.92 Å². The first-order chi connectivity index (χ1) is 17.2. The largest absolute Gasteiger partial charge is 0.484 e. The topological polar surface area (TPSA) is 135 Å². The SMILES string of the molecule is CC(C)C[C@H](NC(=O)COc1ccccc1)C(=O)NC1CCCN(S(=O)(=O)c2ccccn2)CC1=O. The monoisotopic (exact) mass is 516 g/mol. The van der Waals surface area contributed by atoms with E-state index in [1.54, 1.807) is 36.4 Å². The van der Waals surface area contributed by atoms with Crippen molar-refractivity contribution in [3.05, 3.63) is 54.7 Å². The summed E-state index contributed by atoms with van der Waals surface area (Å²) in [5, 5.41) is 5.29. The molecule has 2 heterocycles. The minimum absolute atomic E-state index is 0.0972. The number of ketones is 1. The highest BCUT2D eigenvalue weighted by atomic mass is 32.2. The smallest absolute Gasteiger partial charge is 0.260 e. The van der Waals surface area contributed by atoms with Gasteiger partial charge >= 0.3 is 0 Å². The average molecular weight is 517 g/mol. The summed E-state index contributed by atoms with van der Waals surface area (Å²) >= 11 is 0. The van der Waals surface area contributed by atoms with E-state index in [0.29, 0.717) is 18.6 Å². The third-order valence-corrected chi connectivity index (χ3v) is 7.41. The summed E-state index contributed by atoms with van der Waals surface area (Å²) in [6.45, 7) is 3.36. The molecule has 3 rings (SSSR count). The lowest BCUT2D eigenvalue weighted by atomic mass is 10.0. The number of sulfonamides is 1. The molecule has 194 valence electrons. The van der Waals surface area contributed by atoms with E-state index >= 15 is 0 Å². The van der Waals surface area contributed by atoms with Gasteiger partial charge in [0.1, 0.15) is 11.8 Å². The molecule has 0 aliphatic carbocycles. The number of hydrogen-bond acceptors (Lipinski definition) is 7. The van der Waals surface area contributed by atoms with Crippen molar-refractivity contribution in [3.63, 3.8) is 0 Å². The van der Waals surface area contributed by atoms with Crippen molar-refractivity contribution in [2.45, 2.75) is 50.2 Å². The van der Waals surface area contributed by atoms with E-state index in [0.717, 1.165) is 4.31 Å². The summed E-state index contributed by atoms with van der Waals surface area (Å²) in [6.07, 6.45) is 2.42. The van der Waals surface area contributed by atoms with Gasteiger partial charge in [0.25, 0.3) is 15.9 Å². The van der Waals surface area contributed by atoms with Crippen LogP contribution in [0.4, 0.5) is 0 Å². The molecule has 1 saturated heterocycles. The van der Waals surface area contributed by atoms with E-state index < -0.39 is 39.7 Å². The van der Waals surface area contributed by atoms with Gasteiger partial charge in [0.15, 0.2) is 17.4 Å². The van der Waals surface area contributed by atoms with Crippen molar-refractivity contribution in [2.75, 3.05) is 19.7 Å². The molecular weight excluding hydrogens is 484 g/mol. The van der Waals surface area contributed by atoms with Crippen LogP contribution >= 0.6 is 0 Å². The van der Waals surface area contributed by atoms with Crippen LogP contribution in [-0.2, 0) is 24.4 Å². The molecule has 1 aliphatic rings. The predicted octanol–water partition coefficient (Wildman–Crippen LogP) is 1.53. The van der Waals surface area contributed by atoms with Gasteiger partial charge in [0.2, 0.25) is 5.91 Å². The molecule has 0 bridgehead atoms. The zero-order valence-corrected chi connectivity index (χ0v) is 21.2. The van der Waals surface area contributed by atoms with E-state index in [1.165, 1.54) is 12.3 Å². The Morgan fingerprint density at radius 3 is 2.53 bits per heavy atom. The maximum Gasteiger partial charge on any atom is 0.260 e. The first-order valence-corrected chi connectivity index (χ1v) is 13.3. The molecule has 1 aliphatic heterocycles. The lowest BCUT2D eigenvalue weighted by molar-refractivity contribution is -0.132. The quantitative estimate of drug-likeness (QED) is 0.489. The normalized spacial score (nSPS) is 17.8. The van der Waals surface area contributed by atoms with Gasteiger partial charge in [-0.15, -0.1) is 0 Å². The van der Waals surface area contributed by atoms with Crippen LogP contribution in [0.5, 0.6) is 5.75 Å². The molecule has 11 heteroatoms. The second-order valence-corrected chi connectivity index (χ2v) is 10.9. The highest BCUT2D eigenvalue weighted by molar-refractivity contribution is 7.89. The molecule has 1 fully saturated rings. The molecule has 0 spiro atoms. The van der Waals surface area contributed by atoms with Gasteiger partial charge in [-0.1, -0.05) is 38.1 Å². The van der Waals surface area contributed by atoms with Crippen molar-refractivity contribution < 1.29 is 27.5 Å². The number of para-hydroxylation sites is 1. The highest BCUT2D eigenvalue weighted by Gasteiger charge is 2.34. The molecule has 1 unspecified atom stereocenters. The Kier molecular flexibility index (Phi) is 9.54. The molecule has 2 atom stereocenters. The Morgan fingerprint density at radius 2 is 1.86 bits per heavy atom. The number of ether oxygens (including phenoxy) is 1. The molecule has 2 aromatic rings. The summed E-state index contributed by atoms with van der Waals surface area (Å²) in [5.74, 6) is -0.732. The lowest BCUT2D eigenvalue weighted by Crippen LogP contribution is -2.53. The van der Waals surface area contributed by atoms with Crippen molar-refractivity contribution in [2.24, 2.45) is 5.92 Å². The minimum atomic E-state index is -3.93. The van der Waals surface area contributed by atoms with Crippen LogP contribution in [0.25, 0.3) is 0 Å². The third kappa shape index (κ3) is 7.59. The Hall–Kier alpha value is -3.31. The van der Waals surface area contributed by atoms with E-state index in [2.05, 4.69) is 15.6 Å². The zero-order valence-electron chi connectivity index (χ0n) is 20.4. The molecule has 0 radical (unpaired) electrons. The lowest BCUT2D eigenvalue weighted by Gasteiger charge is -2.23. The summed E-state index contributed by atoms with van der Waals surface area (Å²) in [5.41, 5.74) is 0. The second kappa shape index (κ2) is 12.6. The molecule has 1 aromatic carbocycles. The number of aromatic nitrogens is 1. The number of amides is 2. The number of benzene rings is 1. The number of hydrogen-bond donors (Lipinski definition) is 2. The number of carbonyl (C=O) groups is 3. The Morgan fingerprint density at radius 1 is 1.14 bits per heavy atom. The molecule has 0 saturated carbocycles. The summed E-state index contributed by atoms with van der Waals surface area (Å²) in [7, 11) is -3.93. The molecule has 2 N–H and O–H groups in total. The van der Waals surface area contributed by atoms with Crippen LogP contribution in [0.3, 0.4) is 0 Å². The van der Waals surface area contributed by atoms with E-state index in [-0.39, 0.29) is 37.1 Å². The maximum absolute atomic E-state index is 13.1. The molecule has 36 heavy (non-hydrogen) atoms. The van der Waals surface area contributed by atoms with E-state index in [1.807, 2.05) is 19.9 Å². The molecular formula is C25H32N4O6S. The number of rotatable bonds is 10. The van der Waals surface area contributed by atoms with E-state index in [9.17, 15) is 22.8 Å². The van der Waals surface area contributed by atoms with Gasteiger partial charge < -0.3 is 15.4 Å². The Labute approximate surface area is 211 Å². The van der Waals surface area contributed by atoms with Gasteiger partial charge in [-0.25, -0.2) is 13.4 Å². The average Bonchev–Trinajstić information content (AvgIpc) is 3.05. The number of carbonyl (C=O) groups excluding carboxylic acids is 3. The second-order valence-electron chi connectivity index (χ2n) is 9.03. The zero-order chi connectivity index (χ0) is 26.1. The molecule has 2 amide bonds. The number of nitrogens with one attached hydrogen (secondary N) is 2. The van der Waals surface area contributed by atoms with Crippen molar-refractivity contribution in [1.29, 1.82) is 0 Å². The number of pyridine rings is 1. The Balaban J connectivity index is 1.61. The summed E-state index contributed by atoms with van der Waals surface area (Å²) in [4.78, 5) is 42.3. The molecule has 10 nitrogen and oxygen atoms in total. The van der Waals surface area contributed by atoms with Crippen LogP contribution in [0.15, 0.2) is 59.8 Å². The minimum Gasteiger partial charge on any atom is -0.484 e. The summed E-state index contributed by atoms with van der Waals surface area (Å²) < 4.78 is 32.3. The molecule has 1 aromatic heterocycles. The summed E-state index contributed by atoms with van der Waals surface area (Å²) in [6, 6.07) is 11.7. The number of nitrogens with zero attached hydrogens (tertiary/aromatic N) is 2. The first-order valence-electron chi connectivity index (χ1n) is 11.9. The van der Waals surface area contributed by atoms with Gasteiger partial charge in [0, 0.05) is 12.7 Å². The predicted molar refractivity (Wildman–Crippen MR) is 132 cm³/mol. The van der Waals surface area contributed by atoms with Gasteiger partial charge in [0.05, 0.1) is 12.6 Å². The van der Waals surface area contributed by atoms with Crippen molar-refractivity contribution in [1.82, 2.24) is 19.9 Å². The fourth-order valence-corrected chi connectivity index (χ4v) is 5.24. The van der Waals surface area contributed by atoms with E-state index in [4.69, 9.17) is 4.74 Å². The van der Waals surface area contributed by atoms with Crippen LogP contribution < -0.4 is 15.4 Å². The fraction of sp³-hybridized carbons (Fsp3) is 0.440. The maximum atomic E-state index is 13.1. The van der Waals surface area contributed by atoms with Crippen LogP contribution in [-0.4, -0.2) is 67.1 Å².